The molecule has 27 heavy (non-hydrogen) atoms. The van der Waals surface area contributed by atoms with Crippen LogP contribution in [0, 0.1) is 13.8 Å². The van der Waals surface area contributed by atoms with Crippen molar-refractivity contribution in [2.45, 2.75) is 38.0 Å². The zero-order valence-electron chi connectivity index (χ0n) is 14.9. The van der Waals surface area contributed by atoms with Gasteiger partial charge in [-0.2, -0.15) is 0 Å². The Labute approximate surface area is 168 Å². The number of carbonyl (C=O) groups is 1. The fourth-order valence-corrected chi connectivity index (χ4v) is 5.97. The summed E-state index contributed by atoms with van der Waals surface area (Å²) in [6, 6.07) is 5.43. The van der Waals surface area contributed by atoms with Gasteiger partial charge in [-0.15, -0.1) is 22.7 Å². The second kappa shape index (κ2) is 7.57. The summed E-state index contributed by atoms with van der Waals surface area (Å²) in [7, 11) is 0. The maximum atomic E-state index is 12.4. The fourth-order valence-electron chi connectivity index (χ4n) is 2.98. The van der Waals surface area contributed by atoms with Crippen LogP contribution in [0.25, 0.3) is 9.88 Å². The largest absolute Gasteiger partial charge is 0.351 e. The lowest BCUT2D eigenvalue weighted by molar-refractivity contribution is -0.121. The number of aromatic nitrogens is 3. The summed E-state index contributed by atoms with van der Waals surface area (Å²) in [4.78, 5) is 35.9. The minimum Gasteiger partial charge on any atom is -0.351 e. The number of thiophene rings is 1. The van der Waals surface area contributed by atoms with Gasteiger partial charge in [0.25, 0.3) is 5.56 Å². The SMILES string of the molecule is Cc1cc(=O)n2c(n1)SCC2CC(=O)NCc1sc(-c2cccs2)nc1C. The number of nitrogens with zero attached hydrogens (tertiary/aromatic N) is 3. The van der Waals surface area contributed by atoms with E-state index in [0.29, 0.717) is 23.1 Å². The Morgan fingerprint density at radius 3 is 3.00 bits per heavy atom. The standard InChI is InChI=1S/C18H18N4O2S3/c1-10-6-16(24)22-12(9-26-18(22)20-10)7-15(23)19-8-14-11(2)21-17(27-14)13-4-3-5-25-13/h3-6,12H,7-9H2,1-2H3,(H,19,23). The molecule has 0 bridgehead atoms. The lowest BCUT2D eigenvalue weighted by Crippen LogP contribution is -2.30. The number of fused-ring (bicyclic) bond motifs is 1. The summed E-state index contributed by atoms with van der Waals surface area (Å²) in [6.45, 7) is 4.23. The predicted octanol–water partition coefficient (Wildman–Crippen LogP) is 3.40. The highest BCUT2D eigenvalue weighted by molar-refractivity contribution is 7.99. The third-order valence-corrected chi connectivity index (χ3v) is 7.60. The van der Waals surface area contributed by atoms with E-state index in [-0.39, 0.29) is 23.9 Å². The maximum absolute atomic E-state index is 12.4. The Morgan fingerprint density at radius 2 is 2.22 bits per heavy atom. The smallest absolute Gasteiger partial charge is 0.254 e. The molecule has 1 atom stereocenters. The number of rotatable bonds is 5. The van der Waals surface area contributed by atoms with Crippen molar-refractivity contribution in [2.24, 2.45) is 0 Å². The summed E-state index contributed by atoms with van der Waals surface area (Å²) >= 11 is 4.80. The van der Waals surface area contributed by atoms with Gasteiger partial charge in [0, 0.05) is 28.8 Å². The van der Waals surface area contributed by atoms with Crippen LogP contribution in [0.4, 0.5) is 0 Å². The monoisotopic (exact) mass is 418 g/mol. The zero-order chi connectivity index (χ0) is 19.0. The Bertz CT molecular complexity index is 1040. The van der Waals surface area contributed by atoms with E-state index in [9.17, 15) is 9.59 Å². The molecule has 4 rings (SSSR count). The Balaban J connectivity index is 1.40. The molecule has 4 heterocycles. The van der Waals surface area contributed by atoms with Crippen LogP contribution in [-0.2, 0) is 11.3 Å². The molecule has 1 unspecified atom stereocenters. The highest BCUT2D eigenvalue weighted by Crippen LogP contribution is 2.33. The molecule has 1 aliphatic heterocycles. The molecule has 0 aliphatic carbocycles. The Morgan fingerprint density at radius 1 is 1.37 bits per heavy atom. The minimum atomic E-state index is -0.144. The van der Waals surface area contributed by atoms with Gasteiger partial charge in [0.15, 0.2) is 5.16 Å². The predicted molar refractivity (Wildman–Crippen MR) is 110 cm³/mol. The van der Waals surface area contributed by atoms with Crippen LogP contribution in [0.1, 0.15) is 28.7 Å². The summed E-state index contributed by atoms with van der Waals surface area (Å²) < 4.78 is 1.64. The molecule has 1 N–H and O–H groups in total. The van der Waals surface area contributed by atoms with Crippen LogP contribution >= 0.6 is 34.4 Å². The molecule has 6 nitrogen and oxygen atoms in total. The first-order chi connectivity index (χ1) is 13.0. The van der Waals surface area contributed by atoms with Crippen LogP contribution < -0.4 is 10.9 Å². The van der Waals surface area contributed by atoms with Crippen LogP contribution in [0.2, 0.25) is 0 Å². The van der Waals surface area contributed by atoms with Gasteiger partial charge in [0.05, 0.1) is 23.2 Å². The molecule has 1 aliphatic rings. The van der Waals surface area contributed by atoms with E-state index in [1.165, 1.54) is 17.8 Å². The molecule has 0 saturated carbocycles. The molecule has 9 heteroatoms. The average molecular weight is 419 g/mol. The zero-order valence-corrected chi connectivity index (χ0v) is 17.3. The number of thioether (sulfide) groups is 1. The first-order valence-electron chi connectivity index (χ1n) is 8.51. The normalized spacial score (nSPS) is 15.7. The fraction of sp³-hybridized carbons (Fsp3) is 0.333. The van der Waals surface area contributed by atoms with Gasteiger partial charge in [0.2, 0.25) is 5.91 Å². The molecule has 140 valence electrons. The molecule has 3 aromatic heterocycles. The van der Waals surface area contributed by atoms with E-state index >= 15 is 0 Å². The summed E-state index contributed by atoms with van der Waals surface area (Å²) in [5.74, 6) is 0.632. The maximum Gasteiger partial charge on any atom is 0.254 e. The molecular weight excluding hydrogens is 400 g/mol. The molecule has 0 aromatic carbocycles. The van der Waals surface area contributed by atoms with E-state index in [4.69, 9.17) is 0 Å². The topological polar surface area (TPSA) is 76.9 Å². The van der Waals surface area contributed by atoms with E-state index in [1.54, 1.807) is 27.2 Å². The number of nitrogens with one attached hydrogen (secondary N) is 1. The van der Waals surface area contributed by atoms with Gasteiger partial charge < -0.3 is 5.32 Å². The number of hydrogen-bond donors (Lipinski definition) is 1. The van der Waals surface area contributed by atoms with Crippen molar-refractivity contribution in [3.05, 3.63) is 50.2 Å². The van der Waals surface area contributed by atoms with E-state index < -0.39 is 0 Å². The van der Waals surface area contributed by atoms with Crippen LogP contribution in [0.3, 0.4) is 0 Å². The molecule has 0 spiro atoms. The van der Waals surface area contributed by atoms with E-state index in [2.05, 4.69) is 15.3 Å². The van der Waals surface area contributed by atoms with Gasteiger partial charge in [-0.25, -0.2) is 9.97 Å². The van der Waals surface area contributed by atoms with Crippen molar-refractivity contribution in [3.8, 4) is 9.88 Å². The first-order valence-corrected chi connectivity index (χ1v) is 11.2. The van der Waals surface area contributed by atoms with Gasteiger partial charge in [0.1, 0.15) is 5.01 Å². The van der Waals surface area contributed by atoms with Gasteiger partial charge in [-0.05, 0) is 25.3 Å². The number of amides is 1. The van der Waals surface area contributed by atoms with Crippen LogP contribution in [-0.4, -0.2) is 26.2 Å². The highest BCUT2D eigenvalue weighted by Gasteiger charge is 2.27. The average Bonchev–Trinajstić information content (AvgIpc) is 3.33. The Hall–Kier alpha value is -1.97. The second-order valence-corrected chi connectivity index (χ2v) is 9.36. The molecule has 0 fully saturated rings. The number of thiazole rings is 1. The number of hydrogen-bond acceptors (Lipinski definition) is 7. The molecule has 3 aromatic rings. The molecular formula is C18H18N4O2S3. The first kappa shape index (κ1) is 18.4. The summed E-state index contributed by atoms with van der Waals surface area (Å²) in [6.07, 6.45) is 0.278. The third-order valence-electron chi connectivity index (χ3n) is 4.31. The number of aryl methyl sites for hydroxylation is 2. The molecule has 1 amide bonds. The lowest BCUT2D eigenvalue weighted by Gasteiger charge is -2.13. The third kappa shape index (κ3) is 3.85. The van der Waals surface area contributed by atoms with Crippen LogP contribution in [0.5, 0.6) is 0 Å². The summed E-state index contributed by atoms with van der Waals surface area (Å²) in [5.41, 5.74) is 1.58. The summed E-state index contributed by atoms with van der Waals surface area (Å²) in [5, 5.41) is 6.70. The second-order valence-electron chi connectivity index (χ2n) is 6.34. The van der Waals surface area contributed by atoms with Crippen molar-refractivity contribution in [2.75, 3.05) is 5.75 Å². The van der Waals surface area contributed by atoms with Crippen molar-refractivity contribution in [3.63, 3.8) is 0 Å². The van der Waals surface area contributed by atoms with E-state index in [1.807, 2.05) is 31.4 Å². The highest BCUT2D eigenvalue weighted by atomic mass is 32.2. The van der Waals surface area contributed by atoms with Gasteiger partial charge in [-0.3, -0.25) is 14.2 Å². The van der Waals surface area contributed by atoms with Crippen molar-refractivity contribution >= 4 is 40.3 Å². The van der Waals surface area contributed by atoms with Gasteiger partial charge >= 0.3 is 0 Å². The number of carbonyl (C=O) groups excluding carboxylic acids is 1. The Kier molecular flexibility index (Phi) is 5.16. The van der Waals surface area contributed by atoms with E-state index in [0.717, 1.165) is 20.5 Å². The molecule has 0 saturated heterocycles. The van der Waals surface area contributed by atoms with Gasteiger partial charge in [-0.1, -0.05) is 17.8 Å². The van der Waals surface area contributed by atoms with Crippen molar-refractivity contribution in [1.82, 2.24) is 19.9 Å². The quantitative estimate of drug-likeness (QED) is 0.643. The minimum absolute atomic E-state index is 0.0635. The lowest BCUT2D eigenvalue weighted by atomic mass is 10.2. The molecule has 0 radical (unpaired) electrons. The van der Waals surface area contributed by atoms with Crippen LogP contribution in [0.15, 0.2) is 33.5 Å². The van der Waals surface area contributed by atoms with Crippen molar-refractivity contribution in [1.29, 1.82) is 0 Å². The van der Waals surface area contributed by atoms with Crippen molar-refractivity contribution < 1.29 is 4.79 Å².